The van der Waals surface area contributed by atoms with Crippen LogP contribution in [0.5, 0.6) is 11.5 Å². The van der Waals surface area contributed by atoms with E-state index in [9.17, 15) is 39.3 Å². The number of methoxy groups -OCH3 is 2. The van der Waals surface area contributed by atoms with Gasteiger partial charge in [0.05, 0.1) is 82.8 Å². The number of nitrogens with one attached hydrogen (secondary N) is 4. The van der Waals surface area contributed by atoms with Crippen LogP contribution in [-0.2, 0) is 9.59 Å². The summed E-state index contributed by atoms with van der Waals surface area (Å²) in [5.41, 5.74) is 5.26. The van der Waals surface area contributed by atoms with Gasteiger partial charge in [-0.1, -0.05) is 60.7 Å². The SMILES string of the molecule is COc1cnc(-n2cnc(C(=O)NCCNC(=O)c3ncn(-c4ncc(OC)c5c(C(=O)C(=O)N6CCC(=C(C#N)c7ccccc7)CC6)c[nH]c45)n3)n2)c2[nH]cc(C(=O)C(=O)N3CCC(=C(C#N)c4ccccc4)CC3)c12. The van der Waals surface area contributed by atoms with Crippen LogP contribution in [0.15, 0.2) is 109 Å². The number of carbonyl (C=O) groups excluding carboxylic acids is 6. The number of benzene rings is 2. The van der Waals surface area contributed by atoms with Crippen molar-refractivity contribution in [2.24, 2.45) is 0 Å². The third-order valence-electron chi connectivity index (χ3n) is 13.5. The Morgan fingerprint density at radius 3 is 1.32 bits per heavy atom. The molecule has 0 spiro atoms. The van der Waals surface area contributed by atoms with Crippen LogP contribution in [0.1, 0.15) is 78.8 Å². The maximum Gasteiger partial charge on any atom is 0.295 e. The molecule has 0 atom stereocenters. The molecule has 10 rings (SSSR count). The lowest BCUT2D eigenvalue weighted by molar-refractivity contribution is -0.127. The molecule has 2 fully saturated rings. The number of nitriles is 2. The molecule has 2 aromatic carbocycles. The molecule has 8 heterocycles. The summed E-state index contributed by atoms with van der Waals surface area (Å²) < 4.78 is 13.5. The van der Waals surface area contributed by atoms with Gasteiger partial charge in [0.25, 0.3) is 35.2 Å². The van der Waals surface area contributed by atoms with Gasteiger partial charge in [0, 0.05) is 51.7 Å². The summed E-state index contributed by atoms with van der Waals surface area (Å²) in [6.07, 6.45) is 9.78. The van der Waals surface area contributed by atoms with Crippen LogP contribution < -0.4 is 20.1 Å². The molecule has 4 amide bonds. The number of Topliss-reactive ketones (excluding diaryl/α,β-unsaturated/α-hetero) is 2. The van der Waals surface area contributed by atoms with E-state index >= 15 is 0 Å². The van der Waals surface area contributed by atoms with Gasteiger partial charge in [-0.3, -0.25) is 28.8 Å². The first-order valence-electron chi connectivity index (χ1n) is 24.5. The topological polar surface area (TPSA) is 318 Å². The Balaban J connectivity index is 0.747. The van der Waals surface area contributed by atoms with E-state index in [-0.39, 0.29) is 107 Å². The van der Waals surface area contributed by atoms with E-state index in [0.29, 0.717) is 36.8 Å². The quantitative estimate of drug-likeness (QED) is 0.0480. The van der Waals surface area contributed by atoms with E-state index in [1.165, 1.54) is 70.8 Å². The maximum atomic E-state index is 13.8. The number of ether oxygens (including phenoxy) is 2. The van der Waals surface area contributed by atoms with E-state index in [2.05, 4.69) is 62.9 Å². The van der Waals surface area contributed by atoms with E-state index in [1.807, 2.05) is 60.7 Å². The van der Waals surface area contributed by atoms with Gasteiger partial charge in [-0.2, -0.15) is 19.9 Å². The van der Waals surface area contributed by atoms with Crippen LogP contribution in [0.2, 0.25) is 0 Å². The summed E-state index contributed by atoms with van der Waals surface area (Å²) in [5.74, 6) is -4.05. The second kappa shape index (κ2) is 22.1. The number of allylic oxidation sites excluding steroid dienone is 2. The first kappa shape index (κ1) is 50.9. The summed E-state index contributed by atoms with van der Waals surface area (Å²) in [5, 5.41) is 34.2. The number of amides is 4. The van der Waals surface area contributed by atoms with Gasteiger partial charge in [-0.15, -0.1) is 10.2 Å². The highest BCUT2D eigenvalue weighted by Crippen LogP contribution is 2.35. The number of carbonyl (C=O) groups is 6. The zero-order valence-corrected chi connectivity index (χ0v) is 41.9. The van der Waals surface area contributed by atoms with E-state index < -0.39 is 35.2 Å². The van der Waals surface area contributed by atoms with Crippen molar-refractivity contribution in [3.8, 4) is 35.3 Å². The largest absolute Gasteiger partial charge is 0.494 e. The lowest BCUT2D eigenvalue weighted by Gasteiger charge is -2.28. The summed E-state index contributed by atoms with van der Waals surface area (Å²) in [7, 11) is 2.80. The summed E-state index contributed by atoms with van der Waals surface area (Å²) in [6.45, 7) is 0.928. The monoisotopic (exact) mass is 1050 g/mol. The Kier molecular flexibility index (Phi) is 14.4. The molecule has 2 aliphatic heterocycles. The highest BCUT2D eigenvalue weighted by atomic mass is 16.5. The van der Waals surface area contributed by atoms with Crippen LogP contribution in [0.4, 0.5) is 0 Å². The van der Waals surface area contributed by atoms with Gasteiger partial charge in [0.2, 0.25) is 11.6 Å². The number of aromatic amines is 2. The van der Waals surface area contributed by atoms with Crippen molar-refractivity contribution in [1.29, 1.82) is 10.5 Å². The second-order valence-corrected chi connectivity index (χ2v) is 17.9. The molecule has 0 saturated carbocycles. The molecule has 24 nitrogen and oxygen atoms in total. The minimum atomic E-state index is -0.771. The van der Waals surface area contributed by atoms with Crippen LogP contribution >= 0.6 is 0 Å². The minimum Gasteiger partial charge on any atom is -0.494 e. The lowest BCUT2D eigenvalue weighted by Crippen LogP contribution is -2.40. The average molecular weight is 1050 g/mol. The number of nitrogens with zero attached hydrogens (tertiary/aromatic N) is 12. The van der Waals surface area contributed by atoms with Crippen molar-refractivity contribution in [3.05, 3.63) is 143 Å². The third kappa shape index (κ3) is 9.79. The molecule has 8 aromatic rings. The van der Waals surface area contributed by atoms with E-state index in [0.717, 1.165) is 22.3 Å². The molecule has 390 valence electrons. The number of piperidine rings is 2. The summed E-state index contributed by atoms with van der Waals surface area (Å²) in [4.78, 5) is 107. The Bertz CT molecular complexity index is 3590. The molecular formula is C54H46N16O8. The number of rotatable bonds is 15. The number of hydrogen-bond acceptors (Lipinski definition) is 16. The van der Waals surface area contributed by atoms with Crippen molar-refractivity contribution < 1.29 is 38.2 Å². The fourth-order valence-electron chi connectivity index (χ4n) is 9.55. The fraction of sp³-hybridized carbons (Fsp3) is 0.222. The first-order chi connectivity index (χ1) is 38.0. The normalized spacial score (nSPS) is 13.4. The van der Waals surface area contributed by atoms with Gasteiger partial charge in [0.1, 0.15) is 24.2 Å². The van der Waals surface area contributed by atoms with Gasteiger partial charge < -0.3 is 39.9 Å². The number of hydrogen-bond donors (Lipinski definition) is 4. The van der Waals surface area contributed by atoms with Crippen molar-refractivity contribution >= 4 is 68.1 Å². The standard InChI is InChI=1S/C54H46N16O8/c1-77-39-27-61-49(43-41(39)37(25-59-43)45(71)53(75)67-19-13-33(14-20-67)35(23-55)31-9-5-3-6-10-31)69-29-63-47(65-69)51(73)57-17-18-58-52(74)48-64-30-70(66-48)50-44-42(40(78-2)28-62-50)38(26-60-44)46(72)54(76)68-21-15-34(16-22-68)36(24-56)32-11-7-4-8-12-32/h3-12,25-30,59-60H,13-22H2,1-2H3,(H,57,73)(H,58,74). The van der Waals surface area contributed by atoms with Crippen LogP contribution in [0, 0.1) is 22.7 Å². The molecule has 0 radical (unpaired) electrons. The lowest BCUT2D eigenvalue weighted by atomic mass is 9.93. The number of ketones is 2. The van der Waals surface area contributed by atoms with Gasteiger partial charge >= 0.3 is 0 Å². The molecule has 0 unspecified atom stereocenters. The molecule has 2 aliphatic rings. The van der Waals surface area contributed by atoms with Crippen molar-refractivity contribution in [2.45, 2.75) is 25.7 Å². The Labute approximate surface area is 443 Å². The van der Waals surface area contributed by atoms with Gasteiger partial charge in [0.15, 0.2) is 11.6 Å². The van der Waals surface area contributed by atoms with Crippen molar-refractivity contribution in [2.75, 3.05) is 53.5 Å². The van der Waals surface area contributed by atoms with E-state index in [4.69, 9.17) is 9.47 Å². The van der Waals surface area contributed by atoms with Gasteiger partial charge in [-0.05, 0) is 48.0 Å². The van der Waals surface area contributed by atoms with Crippen LogP contribution in [-0.4, -0.2) is 148 Å². The second-order valence-electron chi connectivity index (χ2n) is 17.9. The number of fused-ring (bicyclic) bond motifs is 2. The molecular weight excluding hydrogens is 1000 g/mol. The van der Waals surface area contributed by atoms with Crippen molar-refractivity contribution in [1.82, 2.24) is 69.9 Å². The fourth-order valence-corrected chi connectivity index (χ4v) is 9.55. The first-order valence-corrected chi connectivity index (χ1v) is 24.5. The molecule has 0 bridgehead atoms. The predicted molar refractivity (Wildman–Crippen MR) is 278 cm³/mol. The zero-order valence-electron chi connectivity index (χ0n) is 41.9. The molecule has 2 saturated heterocycles. The van der Waals surface area contributed by atoms with E-state index in [1.54, 1.807) is 0 Å². The number of pyridine rings is 2. The highest BCUT2D eigenvalue weighted by molar-refractivity contribution is 6.46. The summed E-state index contributed by atoms with van der Waals surface area (Å²) >= 11 is 0. The van der Waals surface area contributed by atoms with Crippen molar-refractivity contribution in [3.63, 3.8) is 0 Å². The summed E-state index contributed by atoms with van der Waals surface area (Å²) in [6, 6.07) is 23.2. The number of H-pyrrole nitrogens is 2. The highest BCUT2D eigenvalue weighted by Gasteiger charge is 2.33. The van der Waals surface area contributed by atoms with Crippen LogP contribution in [0.3, 0.4) is 0 Å². The smallest absolute Gasteiger partial charge is 0.295 e. The zero-order chi connectivity index (χ0) is 54.5. The Hall–Kier alpha value is -10.6. The Morgan fingerprint density at radius 1 is 0.577 bits per heavy atom. The molecule has 24 heteroatoms. The average Bonchev–Trinajstić information content (AvgIpc) is 4.42. The Morgan fingerprint density at radius 2 is 0.962 bits per heavy atom. The number of aromatic nitrogens is 10. The van der Waals surface area contributed by atoms with Crippen LogP contribution in [0.25, 0.3) is 44.6 Å². The maximum absolute atomic E-state index is 13.8. The molecule has 78 heavy (non-hydrogen) atoms. The third-order valence-corrected chi connectivity index (χ3v) is 13.5. The molecule has 4 N–H and O–H groups in total. The molecule has 0 aliphatic carbocycles. The predicted octanol–water partition coefficient (Wildman–Crippen LogP) is 4.34. The minimum absolute atomic E-state index is 0.0473. The molecule has 6 aromatic heterocycles. The number of likely N-dealkylation sites (tertiary alicyclic amines) is 2. The van der Waals surface area contributed by atoms with Gasteiger partial charge in [-0.25, -0.2) is 19.9 Å².